The first-order chi connectivity index (χ1) is 9.42. The third kappa shape index (κ3) is 2.96. The van der Waals surface area contributed by atoms with Gasteiger partial charge in [0.1, 0.15) is 5.69 Å². The molecular formula is C17H11NS. The van der Waals surface area contributed by atoms with Gasteiger partial charge in [-0.15, -0.1) is 0 Å². The van der Waals surface area contributed by atoms with Crippen LogP contribution in [0.2, 0.25) is 0 Å². The number of para-hydroxylation sites is 1. The van der Waals surface area contributed by atoms with Crippen molar-refractivity contribution < 1.29 is 0 Å². The molecule has 3 rings (SSSR count). The SMILES string of the molecule is C(#Cc1ccc2ccccc2n1)Sc1ccccc1. The summed E-state index contributed by atoms with van der Waals surface area (Å²) in [7, 11) is 0. The van der Waals surface area contributed by atoms with Gasteiger partial charge in [-0.1, -0.05) is 42.5 Å². The molecule has 0 saturated carbocycles. The maximum Gasteiger partial charge on any atom is 0.114 e. The minimum Gasteiger partial charge on any atom is -0.239 e. The van der Waals surface area contributed by atoms with Gasteiger partial charge in [0.2, 0.25) is 0 Å². The van der Waals surface area contributed by atoms with E-state index in [0.717, 1.165) is 21.5 Å². The Bertz CT molecular complexity index is 754. The Morgan fingerprint density at radius 3 is 2.47 bits per heavy atom. The predicted octanol–water partition coefficient (Wildman–Crippen LogP) is 4.34. The third-order valence-electron chi connectivity index (χ3n) is 2.69. The molecule has 3 aromatic rings. The summed E-state index contributed by atoms with van der Waals surface area (Å²) in [4.78, 5) is 5.67. The molecule has 0 aliphatic carbocycles. The van der Waals surface area contributed by atoms with Crippen molar-refractivity contribution >= 4 is 22.7 Å². The standard InChI is InChI=1S/C17H11NS/c1-2-7-16(8-3-1)19-13-12-15-11-10-14-6-4-5-9-17(14)18-15/h1-11H. The van der Waals surface area contributed by atoms with Crippen LogP contribution in [-0.2, 0) is 0 Å². The molecule has 19 heavy (non-hydrogen) atoms. The molecule has 2 heteroatoms. The number of rotatable bonds is 1. The zero-order valence-electron chi connectivity index (χ0n) is 10.2. The molecule has 90 valence electrons. The van der Waals surface area contributed by atoms with E-state index in [2.05, 4.69) is 28.3 Å². The van der Waals surface area contributed by atoms with Crippen molar-refractivity contribution in [2.45, 2.75) is 4.90 Å². The first-order valence-corrected chi connectivity index (χ1v) is 6.82. The highest BCUT2D eigenvalue weighted by atomic mass is 32.2. The number of pyridine rings is 1. The fourth-order valence-electron chi connectivity index (χ4n) is 1.76. The highest BCUT2D eigenvalue weighted by Crippen LogP contribution is 2.16. The Kier molecular flexibility index (Phi) is 3.49. The zero-order valence-corrected chi connectivity index (χ0v) is 11.0. The van der Waals surface area contributed by atoms with Gasteiger partial charge in [-0.2, -0.15) is 0 Å². The molecule has 0 amide bonds. The fraction of sp³-hybridized carbons (Fsp3) is 0. The minimum atomic E-state index is 0.808. The lowest BCUT2D eigenvalue weighted by atomic mass is 10.2. The minimum absolute atomic E-state index is 0.808. The van der Waals surface area contributed by atoms with Crippen LogP contribution in [0.5, 0.6) is 0 Å². The first-order valence-electron chi connectivity index (χ1n) is 6.00. The van der Waals surface area contributed by atoms with Crippen LogP contribution >= 0.6 is 11.8 Å². The lowest BCUT2D eigenvalue weighted by Gasteiger charge is -1.96. The zero-order chi connectivity index (χ0) is 12.9. The summed E-state index contributed by atoms with van der Waals surface area (Å²) in [5, 5.41) is 4.23. The van der Waals surface area contributed by atoms with Gasteiger partial charge in [-0.3, -0.25) is 0 Å². The lowest BCUT2D eigenvalue weighted by Crippen LogP contribution is -1.83. The van der Waals surface area contributed by atoms with Gasteiger partial charge in [0, 0.05) is 10.3 Å². The number of hydrogen-bond acceptors (Lipinski definition) is 2. The smallest absolute Gasteiger partial charge is 0.114 e. The van der Waals surface area contributed by atoms with Crippen molar-refractivity contribution in [2.75, 3.05) is 0 Å². The number of benzene rings is 2. The number of nitrogens with zero attached hydrogens (tertiary/aromatic N) is 1. The summed E-state index contributed by atoms with van der Waals surface area (Å²) >= 11 is 1.52. The monoisotopic (exact) mass is 261 g/mol. The summed E-state index contributed by atoms with van der Waals surface area (Å²) in [6, 6.07) is 22.2. The topological polar surface area (TPSA) is 12.9 Å². The highest BCUT2D eigenvalue weighted by Gasteiger charge is 1.94. The normalized spacial score (nSPS) is 9.89. The van der Waals surface area contributed by atoms with Crippen molar-refractivity contribution in [1.29, 1.82) is 0 Å². The molecule has 0 aliphatic rings. The Morgan fingerprint density at radius 1 is 0.789 bits per heavy atom. The second-order valence-electron chi connectivity index (χ2n) is 4.03. The molecule has 0 atom stereocenters. The van der Waals surface area contributed by atoms with Gasteiger partial charge in [-0.05, 0) is 47.2 Å². The molecule has 0 radical (unpaired) electrons. The van der Waals surface area contributed by atoms with Crippen LogP contribution in [0, 0.1) is 11.2 Å². The molecule has 0 fully saturated rings. The predicted molar refractivity (Wildman–Crippen MR) is 80.9 cm³/mol. The Balaban J connectivity index is 1.82. The summed E-state index contributed by atoms with van der Waals surface area (Å²) in [5.41, 5.74) is 1.79. The summed E-state index contributed by atoms with van der Waals surface area (Å²) < 4.78 is 0. The van der Waals surface area contributed by atoms with Crippen LogP contribution in [0.1, 0.15) is 5.69 Å². The van der Waals surface area contributed by atoms with E-state index in [-0.39, 0.29) is 0 Å². The molecule has 2 aromatic carbocycles. The van der Waals surface area contributed by atoms with Crippen molar-refractivity contribution in [2.24, 2.45) is 0 Å². The fourth-order valence-corrected chi connectivity index (χ4v) is 2.33. The number of hydrogen-bond donors (Lipinski definition) is 0. The Hall–Kier alpha value is -2.24. The van der Waals surface area contributed by atoms with Crippen LogP contribution < -0.4 is 0 Å². The second-order valence-corrected chi connectivity index (χ2v) is 4.91. The average molecular weight is 261 g/mol. The molecule has 0 bridgehead atoms. The maximum atomic E-state index is 4.52. The van der Waals surface area contributed by atoms with Gasteiger partial charge in [-0.25, -0.2) is 4.98 Å². The molecule has 0 saturated heterocycles. The van der Waals surface area contributed by atoms with E-state index in [1.165, 1.54) is 11.8 Å². The largest absolute Gasteiger partial charge is 0.239 e. The van der Waals surface area contributed by atoms with Gasteiger partial charge in [0.05, 0.1) is 5.52 Å². The molecule has 1 nitrogen and oxygen atoms in total. The van der Waals surface area contributed by atoms with Gasteiger partial charge >= 0.3 is 0 Å². The number of fused-ring (bicyclic) bond motifs is 1. The van der Waals surface area contributed by atoms with Gasteiger partial charge in [0.15, 0.2) is 0 Å². The van der Waals surface area contributed by atoms with Crippen LogP contribution in [0.25, 0.3) is 10.9 Å². The quantitative estimate of drug-likeness (QED) is 0.477. The Labute approximate surface area is 116 Å². The maximum absolute atomic E-state index is 4.52. The summed E-state index contributed by atoms with van der Waals surface area (Å²) in [6.45, 7) is 0. The van der Waals surface area contributed by atoms with Crippen LogP contribution in [-0.4, -0.2) is 4.98 Å². The van der Waals surface area contributed by atoms with E-state index in [1.54, 1.807) is 0 Å². The van der Waals surface area contributed by atoms with Crippen molar-refractivity contribution in [1.82, 2.24) is 4.98 Å². The highest BCUT2D eigenvalue weighted by molar-refractivity contribution is 8.03. The molecular weight excluding hydrogens is 250 g/mol. The molecule has 0 N–H and O–H groups in total. The van der Waals surface area contributed by atoms with Crippen LogP contribution in [0.15, 0.2) is 71.6 Å². The molecule has 0 unspecified atom stereocenters. The van der Waals surface area contributed by atoms with E-state index in [0.29, 0.717) is 0 Å². The Morgan fingerprint density at radius 2 is 1.58 bits per heavy atom. The van der Waals surface area contributed by atoms with Gasteiger partial charge in [0.25, 0.3) is 0 Å². The van der Waals surface area contributed by atoms with Crippen LogP contribution in [0.4, 0.5) is 0 Å². The van der Waals surface area contributed by atoms with Gasteiger partial charge < -0.3 is 0 Å². The van der Waals surface area contributed by atoms with E-state index < -0.39 is 0 Å². The number of aromatic nitrogens is 1. The van der Waals surface area contributed by atoms with E-state index >= 15 is 0 Å². The third-order valence-corrected chi connectivity index (χ3v) is 3.40. The van der Waals surface area contributed by atoms with E-state index in [4.69, 9.17) is 0 Å². The van der Waals surface area contributed by atoms with E-state index in [1.807, 2.05) is 54.6 Å². The van der Waals surface area contributed by atoms with E-state index in [9.17, 15) is 0 Å². The van der Waals surface area contributed by atoms with Crippen molar-refractivity contribution in [3.05, 3.63) is 72.4 Å². The molecule has 1 aromatic heterocycles. The summed E-state index contributed by atoms with van der Waals surface area (Å²) in [6.07, 6.45) is 0. The van der Waals surface area contributed by atoms with Crippen molar-refractivity contribution in [3.63, 3.8) is 0 Å². The molecule has 0 aliphatic heterocycles. The number of thioether (sulfide) groups is 1. The molecule has 0 spiro atoms. The summed E-state index contributed by atoms with van der Waals surface area (Å²) in [5.74, 6) is 3.09. The second kappa shape index (κ2) is 5.60. The van der Waals surface area contributed by atoms with Crippen molar-refractivity contribution in [3.8, 4) is 11.2 Å². The average Bonchev–Trinajstić information content (AvgIpc) is 2.48. The first kappa shape index (κ1) is 11.8. The van der Waals surface area contributed by atoms with Crippen LogP contribution in [0.3, 0.4) is 0 Å². The molecule has 1 heterocycles. The lowest BCUT2D eigenvalue weighted by molar-refractivity contribution is 1.36.